The average Bonchev–Trinajstić information content (AvgIpc) is 2.26. The van der Waals surface area contributed by atoms with Crippen LogP contribution in [0.3, 0.4) is 0 Å². The number of rotatable bonds is 1. The summed E-state index contributed by atoms with van der Waals surface area (Å²) in [5.41, 5.74) is 3.33. The zero-order valence-electron chi connectivity index (χ0n) is 9.33. The highest BCUT2D eigenvalue weighted by Gasteiger charge is 2.26. The molecular weight excluding hydrogens is 204 g/mol. The molecule has 0 aliphatic carbocycles. The van der Waals surface area contributed by atoms with Crippen LogP contribution >= 0.6 is 0 Å². The van der Waals surface area contributed by atoms with E-state index < -0.39 is 11.8 Å². The Hall–Kier alpha value is -1.84. The molecule has 1 aromatic rings. The molecule has 0 radical (unpaired) electrons. The summed E-state index contributed by atoms with van der Waals surface area (Å²) >= 11 is 0. The number of hydrogen-bond donors (Lipinski definition) is 2. The van der Waals surface area contributed by atoms with Crippen molar-refractivity contribution in [3.05, 3.63) is 34.9 Å². The molecule has 1 fully saturated rings. The van der Waals surface area contributed by atoms with Crippen LogP contribution in [0.5, 0.6) is 0 Å². The Morgan fingerprint density at radius 3 is 2.62 bits per heavy atom. The van der Waals surface area contributed by atoms with Gasteiger partial charge in [0.05, 0.1) is 6.04 Å². The highest BCUT2D eigenvalue weighted by molar-refractivity contribution is 6.35. The quantitative estimate of drug-likeness (QED) is 0.678. The van der Waals surface area contributed by atoms with Gasteiger partial charge in [0.2, 0.25) is 0 Å². The normalized spacial score (nSPS) is 20.2. The maximum atomic E-state index is 11.3. The van der Waals surface area contributed by atoms with E-state index in [0.29, 0.717) is 6.54 Å². The zero-order chi connectivity index (χ0) is 11.7. The van der Waals surface area contributed by atoms with Crippen LogP contribution in [0, 0.1) is 13.8 Å². The third-order valence-corrected chi connectivity index (χ3v) is 2.79. The van der Waals surface area contributed by atoms with Crippen LogP contribution in [0.4, 0.5) is 0 Å². The molecule has 84 valence electrons. The zero-order valence-corrected chi connectivity index (χ0v) is 9.33. The van der Waals surface area contributed by atoms with Crippen molar-refractivity contribution < 1.29 is 9.59 Å². The van der Waals surface area contributed by atoms with Gasteiger partial charge in [-0.25, -0.2) is 0 Å². The lowest BCUT2D eigenvalue weighted by Crippen LogP contribution is -2.51. The number of hydrogen-bond acceptors (Lipinski definition) is 2. The van der Waals surface area contributed by atoms with E-state index in [1.807, 2.05) is 32.0 Å². The number of carbonyl (C=O) groups excluding carboxylic acids is 2. The molecule has 4 heteroatoms. The second kappa shape index (κ2) is 3.96. The van der Waals surface area contributed by atoms with Crippen LogP contribution in [0.25, 0.3) is 0 Å². The molecule has 1 aromatic carbocycles. The predicted octanol–water partition coefficient (Wildman–Crippen LogP) is 0.591. The molecular formula is C12H14N2O2. The summed E-state index contributed by atoms with van der Waals surface area (Å²) in [6.45, 7) is 4.46. The summed E-state index contributed by atoms with van der Waals surface area (Å²) in [7, 11) is 0. The van der Waals surface area contributed by atoms with Gasteiger partial charge in [0.15, 0.2) is 0 Å². The van der Waals surface area contributed by atoms with E-state index in [-0.39, 0.29) is 6.04 Å². The number of aryl methyl sites for hydroxylation is 2. The average molecular weight is 218 g/mol. The number of nitrogens with one attached hydrogen (secondary N) is 2. The molecule has 1 saturated heterocycles. The van der Waals surface area contributed by atoms with Crippen molar-refractivity contribution in [2.45, 2.75) is 19.9 Å². The van der Waals surface area contributed by atoms with E-state index in [4.69, 9.17) is 0 Å². The molecule has 2 N–H and O–H groups in total. The molecule has 4 nitrogen and oxygen atoms in total. The van der Waals surface area contributed by atoms with Gasteiger partial charge in [0.25, 0.3) is 0 Å². The number of carbonyl (C=O) groups is 2. The SMILES string of the molecule is Cc1ccc(C)c(C2CNC(=O)C(=O)N2)c1. The van der Waals surface area contributed by atoms with Gasteiger partial charge in [-0.15, -0.1) is 0 Å². The first-order chi connectivity index (χ1) is 7.58. The number of piperazine rings is 1. The highest BCUT2D eigenvalue weighted by Crippen LogP contribution is 2.20. The van der Waals surface area contributed by atoms with Crippen molar-refractivity contribution in [2.75, 3.05) is 6.54 Å². The van der Waals surface area contributed by atoms with E-state index >= 15 is 0 Å². The van der Waals surface area contributed by atoms with Gasteiger partial charge in [-0.1, -0.05) is 23.8 Å². The van der Waals surface area contributed by atoms with Crippen LogP contribution in [0.2, 0.25) is 0 Å². The Kier molecular flexibility index (Phi) is 2.64. The maximum Gasteiger partial charge on any atom is 0.309 e. The fraction of sp³-hybridized carbons (Fsp3) is 0.333. The monoisotopic (exact) mass is 218 g/mol. The molecule has 2 rings (SSSR count). The lowest BCUT2D eigenvalue weighted by atomic mass is 9.98. The van der Waals surface area contributed by atoms with Crippen LogP contribution in [0.15, 0.2) is 18.2 Å². The molecule has 1 unspecified atom stereocenters. The standard InChI is InChI=1S/C12H14N2O2/c1-7-3-4-8(2)9(5-7)10-6-13-11(15)12(16)14-10/h3-5,10H,6H2,1-2H3,(H,13,15)(H,14,16). The molecule has 0 saturated carbocycles. The van der Waals surface area contributed by atoms with E-state index in [0.717, 1.165) is 16.7 Å². The van der Waals surface area contributed by atoms with E-state index in [1.165, 1.54) is 0 Å². The minimum Gasteiger partial charge on any atom is -0.345 e. The lowest BCUT2D eigenvalue weighted by Gasteiger charge is -2.25. The second-order valence-electron chi connectivity index (χ2n) is 4.10. The maximum absolute atomic E-state index is 11.3. The van der Waals surface area contributed by atoms with Gasteiger partial charge in [0, 0.05) is 6.54 Å². The Morgan fingerprint density at radius 1 is 1.19 bits per heavy atom. The molecule has 1 aliphatic rings. The first-order valence-electron chi connectivity index (χ1n) is 5.24. The second-order valence-corrected chi connectivity index (χ2v) is 4.10. The van der Waals surface area contributed by atoms with Crippen LogP contribution < -0.4 is 10.6 Å². The molecule has 0 aromatic heterocycles. The van der Waals surface area contributed by atoms with Gasteiger partial charge >= 0.3 is 11.8 Å². The molecule has 2 amide bonds. The third-order valence-electron chi connectivity index (χ3n) is 2.79. The summed E-state index contributed by atoms with van der Waals surface area (Å²) in [5.74, 6) is -1.11. The summed E-state index contributed by atoms with van der Waals surface area (Å²) < 4.78 is 0. The largest absolute Gasteiger partial charge is 0.345 e. The molecule has 1 aliphatic heterocycles. The predicted molar refractivity (Wildman–Crippen MR) is 59.8 cm³/mol. The fourth-order valence-corrected chi connectivity index (χ4v) is 1.87. The number of benzene rings is 1. The summed E-state index contributed by atoms with van der Waals surface area (Å²) in [6, 6.07) is 5.97. The van der Waals surface area contributed by atoms with Crippen molar-refractivity contribution in [1.82, 2.24) is 10.6 Å². The van der Waals surface area contributed by atoms with Gasteiger partial charge in [-0.3, -0.25) is 9.59 Å². The summed E-state index contributed by atoms with van der Waals surface area (Å²) in [5, 5.41) is 5.28. The van der Waals surface area contributed by atoms with Crippen molar-refractivity contribution in [3.63, 3.8) is 0 Å². The molecule has 1 atom stereocenters. The molecule has 1 heterocycles. The topological polar surface area (TPSA) is 58.2 Å². The van der Waals surface area contributed by atoms with Crippen LogP contribution in [-0.2, 0) is 9.59 Å². The Labute approximate surface area is 94.0 Å². The van der Waals surface area contributed by atoms with Crippen molar-refractivity contribution in [2.24, 2.45) is 0 Å². The lowest BCUT2D eigenvalue weighted by molar-refractivity contribution is -0.141. The van der Waals surface area contributed by atoms with Gasteiger partial charge in [0.1, 0.15) is 0 Å². The number of amides is 2. The first kappa shape index (κ1) is 10.7. The third kappa shape index (κ3) is 1.91. The van der Waals surface area contributed by atoms with E-state index in [1.54, 1.807) is 0 Å². The smallest absolute Gasteiger partial charge is 0.309 e. The van der Waals surface area contributed by atoms with Gasteiger partial charge < -0.3 is 10.6 Å². The first-order valence-corrected chi connectivity index (χ1v) is 5.24. The van der Waals surface area contributed by atoms with Crippen molar-refractivity contribution >= 4 is 11.8 Å². The minimum absolute atomic E-state index is 0.120. The Balaban J connectivity index is 2.28. The van der Waals surface area contributed by atoms with Crippen molar-refractivity contribution in [3.8, 4) is 0 Å². The van der Waals surface area contributed by atoms with Crippen LogP contribution in [-0.4, -0.2) is 18.4 Å². The van der Waals surface area contributed by atoms with Crippen LogP contribution in [0.1, 0.15) is 22.7 Å². The molecule has 0 bridgehead atoms. The Bertz CT molecular complexity index is 454. The van der Waals surface area contributed by atoms with E-state index in [2.05, 4.69) is 10.6 Å². The van der Waals surface area contributed by atoms with Gasteiger partial charge in [-0.2, -0.15) is 0 Å². The van der Waals surface area contributed by atoms with Crippen molar-refractivity contribution in [1.29, 1.82) is 0 Å². The highest BCUT2D eigenvalue weighted by atomic mass is 16.2. The molecule has 16 heavy (non-hydrogen) atoms. The minimum atomic E-state index is -0.558. The van der Waals surface area contributed by atoms with Gasteiger partial charge in [-0.05, 0) is 25.0 Å². The summed E-state index contributed by atoms with van der Waals surface area (Å²) in [6.07, 6.45) is 0. The van der Waals surface area contributed by atoms with E-state index in [9.17, 15) is 9.59 Å². The summed E-state index contributed by atoms with van der Waals surface area (Å²) in [4.78, 5) is 22.3. The molecule has 0 spiro atoms. The Morgan fingerprint density at radius 2 is 1.94 bits per heavy atom. The fourth-order valence-electron chi connectivity index (χ4n) is 1.87.